The Morgan fingerprint density at radius 2 is 1.84 bits per heavy atom. The van der Waals surface area contributed by atoms with Crippen molar-refractivity contribution in [3.05, 3.63) is 48.0 Å². The molecule has 3 aromatic rings. The molecule has 0 aliphatic carbocycles. The van der Waals surface area contributed by atoms with Gasteiger partial charge in [-0.3, -0.25) is 0 Å². The average Bonchev–Trinajstić information content (AvgIpc) is 2.40. The lowest BCUT2D eigenvalue weighted by Crippen LogP contribution is -2.00. The van der Waals surface area contributed by atoms with Gasteiger partial charge < -0.3 is 5.32 Å². The molecule has 94 valence electrons. The van der Waals surface area contributed by atoms with E-state index in [0.717, 1.165) is 27.2 Å². The van der Waals surface area contributed by atoms with E-state index in [2.05, 4.69) is 33.1 Å². The number of anilines is 2. The number of para-hydroxylation sites is 1. The number of benzene rings is 2. The van der Waals surface area contributed by atoms with Crippen LogP contribution in [0.2, 0.25) is 0 Å². The molecule has 0 atom stereocenters. The Morgan fingerprint density at radius 3 is 2.63 bits per heavy atom. The molecule has 0 spiro atoms. The summed E-state index contributed by atoms with van der Waals surface area (Å²) in [5.41, 5.74) is 3.57. The summed E-state index contributed by atoms with van der Waals surface area (Å²) >= 11 is 4.32. The number of aromatic nitrogens is 3. The van der Waals surface area contributed by atoms with Crippen LogP contribution in [0.25, 0.3) is 11.0 Å². The van der Waals surface area contributed by atoms with Gasteiger partial charge >= 0.3 is 0 Å². The van der Waals surface area contributed by atoms with Crippen LogP contribution in [0.5, 0.6) is 0 Å². The van der Waals surface area contributed by atoms with Gasteiger partial charge in [-0.25, -0.2) is 4.98 Å². The third-order valence-corrected chi connectivity index (χ3v) is 3.02. The molecule has 19 heavy (non-hydrogen) atoms. The zero-order valence-corrected chi connectivity index (χ0v) is 11.2. The second-order valence-corrected chi connectivity index (χ2v) is 4.77. The standard InChI is InChI=1S/C14H12N4S/c1-9-7-11(19)8-12-13(9)16-14(18-17-12)15-10-5-3-2-4-6-10/h2-8,19H,1H3,(H,15,16,18). The van der Waals surface area contributed by atoms with E-state index in [-0.39, 0.29) is 0 Å². The maximum atomic E-state index is 4.49. The molecule has 3 rings (SSSR count). The Kier molecular flexibility index (Phi) is 3.05. The van der Waals surface area contributed by atoms with E-state index in [9.17, 15) is 0 Å². The molecule has 0 saturated heterocycles. The molecule has 5 heteroatoms. The highest BCUT2D eigenvalue weighted by molar-refractivity contribution is 7.80. The number of thiol groups is 1. The van der Waals surface area contributed by atoms with Crippen LogP contribution < -0.4 is 5.32 Å². The van der Waals surface area contributed by atoms with Crippen LogP contribution in [0.1, 0.15) is 5.56 Å². The Morgan fingerprint density at radius 1 is 1.05 bits per heavy atom. The largest absolute Gasteiger partial charge is 0.323 e. The number of rotatable bonds is 2. The quantitative estimate of drug-likeness (QED) is 0.700. The van der Waals surface area contributed by atoms with Crippen LogP contribution >= 0.6 is 12.6 Å². The summed E-state index contributed by atoms with van der Waals surface area (Å²) in [5.74, 6) is 0.494. The van der Waals surface area contributed by atoms with Crippen molar-refractivity contribution in [2.75, 3.05) is 5.32 Å². The number of aryl methyl sites for hydroxylation is 1. The highest BCUT2D eigenvalue weighted by atomic mass is 32.1. The third-order valence-electron chi connectivity index (χ3n) is 2.77. The summed E-state index contributed by atoms with van der Waals surface area (Å²) in [4.78, 5) is 5.36. The normalized spacial score (nSPS) is 10.6. The Bertz CT molecular complexity index is 728. The maximum Gasteiger partial charge on any atom is 0.247 e. The molecule has 2 aromatic carbocycles. The van der Waals surface area contributed by atoms with Crippen LogP contribution in [0.15, 0.2) is 47.4 Å². The smallest absolute Gasteiger partial charge is 0.247 e. The van der Waals surface area contributed by atoms with E-state index >= 15 is 0 Å². The van der Waals surface area contributed by atoms with Gasteiger partial charge in [-0.15, -0.1) is 22.8 Å². The molecule has 0 saturated carbocycles. The van der Waals surface area contributed by atoms with E-state index in [1.807, 2.05) is 49.4 Å². The van der Waals surface area contributed by atoms with Gasteiger partial charge in [0.05, 0.1) is 5.52 Å². The summed E-state index contributed by atoms with van der Waals surface area (Å²) in [7, 11) is 0. The first-order chi connectivity index (χ1) is 9.22. The van der Waals surface area contributed by atoms with Crippen LogP contribution in [-0.4, -0.2) is 15.2 Å². The fraction of sp³-hybridized carbons (Fsp3) is 0.0714. The molecule has 0 radical (unpaired) electrons. The van der Waals surface area contributed by atoms with E-state index in [0.29, 0.717) is 5.95 Å². The van der Waals surface area contributed by atoms with Gasteiger partial charge in [0.2, 0.25) is 5.95 Å². The molecule has 0 aliphatic heterocycles. The van der Waals surface area contributed by atoms with Crippen molar-refractivity contribution in [1.29, 1.82) is 0 Å². The van der Waals surface area contributed by atoms with E-state index in [4.69, 9.17) is 0 Å². The number of fused-ring (bicyclic) bond motifs is 1. The number of hydrogen-bond acceptors (Lipinski definition) is 5. The Balaban J connectivity index is 2.02. The monoisotopic (exact) mass is 268 g/mol. The fourth-order valence-electron chi connectivity index (χ4n) is 1.90. The average molecular weight is 268 g/mol. The van der Waals surface area contributed by atoms with Crippen molar-refractivity contribution >= 4 is 35.3 Å². The molecule has 1 N–H and O–H groups in total. The SMILES string of the molecule is Cc1cc(S)cc2nnc(Nc3ccccc3)nc12. The molecule has 1 aromatic heterocycles. The Hall–Kier alpha value is -2.14. The van der Waals surface area contributed by atoms with Crippen LogP contribution in [-0.2, 0) is 0 Å². The molecule has 0 amide bonds. The molecule has 1 heterocycles. The molecular weight excluding hydrogens is 256 g/mol. The van der Waals surface area contributed by atoms with Gasteiger partial charge in [-0.2, -0.15) is 0 Å². The summed E-state index contributed by atoms with van der Waals surface area (Å²) in [6.07, 6.45) is 0. The van der Waals surface area contributed by atoms with Gasteiger partial charge in [-0.05, 0) is 36.8 Å². The summed E-state index contributed by atoms with van der Waals surface area (Å²) in [5, 5.41) is 11.4. The number of nitrogens with zero attached hydrogens (tertiary/aromatic N) is 3. The second kappa shape index (κ2) is 4.85. The lowest BCUT2D eigenvalue weighted by molar-refractivity contribution is 1.02. The highest BCUT2D eigenvalue weighted by Crippen LogP contribution is 2.20. The Labute approximate surface area is 116 Å². The van der Waals surface area contributed by atoms with Crippen molar-refractivity contribution in [3.8, 4) is 0 Å². The van der Waals surface area contributed by atoms with E-state index < -0.39 is 0 Å². The first kappa shape index (κ1) is 11.9. The van der Waals surface area contributed by atoms with Crippen LogP contribution in [0.4, 0.5) is 11.6 Å². The summed E-state index contributed by atoms with van der Waals surface area (Å²) < 4.78 is 0. The first-order valence-electron chi connectivity index (χ1n) is 5.88. The predicted molar refractivity (Wildman–Crippen MR) is 79.0 cm³/mol. The molecule has 0 aliphatic rings. The van der Waals surface area contributed by atoms with E-state index in [1.165, 1.54) is 0 Å². The molecule has 4 nitrogen and oxygen atoms in total. The minimum Gasteiger partial charge on any atom is -0.323 e. The van der Waals surface area contributed by atoms with Crippen molar-refractivity contribution in [2.45, 2.75) is 11.8 Å². The van der Waals surface area contributed by atoms with Gasteiger partial charge in [0.25, 0.3) is 0 Å². The highest BCUT2D eigenvalue weighted by Gasteiger charge is 2.05. The van der Waals surface area contributed by atoms with Crippen LogP contribution in [0, 0.1) is 6.92 Å². The fourth-order valence-corrected chi connectivity index (χ4v) is 2.21. The molecule has 0 bridgehead atoms. The predicted octanol–water partition coefficient (Wildman–Crippen LogP) is 3.37. The van der Waals surface area contributed by atoms with Gasteiger partial charge in [-0.1, -0.05) is 18.2 Å². The van der Waals surface area contributed by atoms with Crippen molar-refractivity contribution in [1.82, 2.24) is 15.2 Å². The molecular formula is C14H12N4S. The van der Waals surface area contributed by atoms with Crippen molar-refractivity contribution in [3.63, 3.8) is 0 Å². The molecule has 0 fully saturated rings. The summed E-state index contributed by atoms with van der Waals surface area (Å²) in [6.45, 7) is 1.99. The van der Waals surface area contributed by atoms with Gasteiger partial charge in [0, 0.05) is 10.6 Å². The van der Waals surface area contributed by atoms with Crippen molar-refractivity contribution < 1.29 is 0 Å². The zero-order valence-electron chi connectivity index (χ0n) is 10.3. The number of nitrogens with one attached hydrogen (secondary N) is 1. The van der Waals surface area contributed by atoms with E-state index in [1.54, 1.807) is 0 Å². The lowest BCUT2D eigenvalue weighted by Gasteiger charge is -2.06. The lowest BCUT2D eigenvalue weighted by atomic mass is 10.2. The maximum absolute atomic E-state index is 4.49. The first-order valence-corrected chi connectivity index (χ1v) is 6.33. The topological polar surface area (TPSA) is 50.7 Å². The molecule has 0 unspecified atom stereocenters. The van der Waals surface area contributed by atoms with Gasteiger partial charge in [0.1, 0.15) is 5.52 Å². The third kappa shape index (κ3) is 2.51. The van der Waals surface area contributed by atoms with Gasteiger partial charge in [0.15, 0.2) is 0 Å². The minimum atomic E-state index is 0.494. The van der Waals surface area contributed by atoms with Crippen LogP contribution in [0.3, 0.4) is 0 Å². The zero-order chi connectivity index (χ0) is 13.2. The van der Waals surface area contributed by atoms with Crippen molar-refractivity contribution in [2.24, 2.45) is 0 Å². The minimum absolute atomic E-state index is 0.494. The second-order valence-electron chi connectivity index (χ2n) is 4.26. The number of hydrogen-bond donors (Lipinski definition) is 2. The summed E-state index contributed by atoms with van der Waals surface area (Å²) in [6, 6.07) is 13.6.